The number of thiazole rings is 1. The predicted molar refractivity (Wildman–Crippen MR) is 104 cm³/mol. The maximum Gasteiger partial charge on any atom is 0.306 e. The van der Waals surface area contributed by atoms with Crippen molar-refractivity contribution in [2.75, 3.05) is 11.9 Å². The Kier molecular flexibility index (Phi) is 4.19. The molecule has 4 fully saturated rings. The van der Waals surface area contributed by atoms with Crippen LogP contribution in [0.1, 0.15) is 44.9 Å². The van der Waals surface area contributed by atoms with E-state index in [1.54, 1.807) is 0 Å². The third kappa shape index (κ3) is 3.47. The molecule has 4 aliphatic carbocycles. The Hall–Kier alpha value is -1.95. The van der Waals surface area contributed by atoms with Crippen molar-refractivity contribution >= 4 is 38.6 Å². The highest BCUT2D eigenvalue weighted by Crippen LogP contribution is 2.61. The number of carbonyl (C=O) groups excluding carboxylic acids is 2. The first-order chi connectivity index (χ1) is 13.1. The molecule has 0 spiro atoms. The van der Waals surface area contributed by atoms with Crippen LogP contribution in [0.25, 0.3) is 10.2 Å². The Morgan fingerprint density at radius 3 is 2.44 bits per heavy atom. The number of amides is 1. The molecule has 27 heavy (non-hydrogen) atoms. The van der Waals surface area contributed by atoms with E-state index in [1.807, 2.05) is 24.3 Å². The first kappa shape index (κ1) is 17.2. The molecule has 0 saturated heterocycles. The van der Waals surface area contributed by atoms with Gasteiger partial charge in [0.15, 0.2) is 11.7 Å². The van der Waals surface area contributed by atoms with Crippen molar-refractivity contribution in [2.45, 2.75) is 44.9 Å². The van der Waals surface area contributed by atoms with Crippen molar-refractivity contribution in [1.82, 2.24) is 4.98 Å². The van der Waals surface area contributed by atoms with Gasteiger partial charge in [-0.15, -0.1) is 0 Å². The van der Waals surface area contributed by atoms with E-state index in [2.05, 4.69) is 10.3 Å². The SMILES string of the molecule is O=C(COC(=O)CC12CC3CC(CC(C3)C1)C2)Nc1nc2ccccc2s1. The molecule has 1 heterocycles. The van der Waals surface area contributed by atoms with E-state index in [1.165, 1.54) is 49.9 Å². The topological polar surface area (TPSA) is 68.3 Å². The Balaban J connectivity index is 1.14. The second-order valence-corrected chi connectivity index (χ2v) is 9.82. The highest BCUT2D eigenvalue weighted by Gasteiger charge is 2.51. The second-order valence-electron chi connectivity index (χ2n) is 8.79. The number of nitrogens with zero attached hydrogens (tertiary/aromatic N) is 1. The summed E-state index contributed by atoms with van der Waals surface area (Å²) in [6.07, 6.45) is 8.07. The van der Waals surface area contributed by atoms with E-state index in [-0.39, 0.29) is 23.9 Å². The van der Waals surface area contributed by atoms with Crippen LogP contribution >= 0.6 is 11.3 Å². The Labute approximate surface area is 162 Å². The molecule has 2 aromatic rings. The number of esters is 1. The maximum atomic E-state index is 12.4. The molecular weight excluding hydrogens is 360 g/mol. The van der Waals surface area contributed by atoms with Gasteiger partial charge in [-0.3, -0.25) is 14.9 Å². The van der Waals surface area contributed by atoms with Crippen LogP contribution in [0.4, 0.5) is 5.13 Å². The zero-order valence-corrected chi connectivity index (χ0v) is 16.1. The number of para-hydroxylation sites is 1. The van der Waals surface area contributed by atoms with E-state index in [4.69, 9.17) is 4.74 Å². The third-order valence-electron chi connectivity index (χ3n) is 6.59. The van der Waals surface area contributed by atoms with Crippen LogP contribution in [0.2, 0.25) is 0 Å². The number of nitrogens with one attached hydrogen (secondary N) is 1. The summed E-state index contributed by atoms with van der Waals surface area (Å²) in [5.74, 6) is 1.88. The molecule has 0 atom stereocenters. The molecular formula is C21H24N2O3S. The molecule has 1 N–H and O–H groups in total. The standard InChI is InChI=1S/C21H24N2O3S/c24-18(23-20-22-16-3-1-2-4-17(16)27-20)12-26-19(25)11-21-8-13-5-14(9-21)7-15(6-13)10-21/h1-4,13-15H,5-12H2,(H,22,23,24). The van der Waals surface area contributed by atoms with Gasteiger partial charge in [-0.2, -0.15) is 0 Å². The summed E-state index contributed by atoms with van der Waals surface area (Å²) in [6.45, 7) is -0.235. The monoisotopic (exact) mass is 384 g/mol. The van der Waals surface area contributed by atoms with Gasteiger partial charge in [-0.25, -0.2) is 4.98 Å². The highest BCUT2D eigenvalue weighted by molar-refractivity contribution is 7.22. The zero-order valence-electron chi connectivity index (χ0n) is 15.3. The first-order valence-electron chi connectivity index (χ1n) is 9.88. The summed E-state index contributed by atoms with van der Waals surface area (Å²) < 4.78 is 6.34. The number of hydrogen-bond donors (Lipinski definition) is 1. The summed E-state index contributed by atoms with van der Waals surface area (Å²) in [6, 6.07) is 7.74. The van der Waals surface area contributed by atoms with E-state index in [9.17, 15) is 9.59 Å². The van der Waals surface area contributed by atoms with Crippen molar-refractivity contribution in [3.05, 3.63) is 24.3 Å². The van der Waals surface area contributed by atoms with Crippen LogP contribution in [0.5, 0.6) is 0 Å². The van der Waals surface area contributed by atoms with E-state index in [0.717, 1.165) is 28.0 Å². The number of hydrogen-bond acceptors (Lipinski definition) is 5. The molecule has 0 aliphatic heterocycles. The minimum atomic E-state index is -0.326. The van der Waals surface area contributed by atoms with Gasteiger partial charge in [0, 0.05) is 0 Å². The molecule has 142 valence electrons. The summed E-state index contributed by atoms with van der Waals surface area (Å²) in [5, 5.41) is 3.28. The fraction of sp³-hybridized carbons (Fsp3) is 0.571. The zero-order chi connectivity index (χ0) is 18.4. The molecule has 0 unspecified atom stereocenters. The van der Waals surface area contributed by atoms with E-state index >= 15 is 0 Å². The smallest absolute Gasteiger partial charge is 0.306 e. The number of aromatic nitrogens is 1. The second kappa shape index (κ2) is 6.59. The van der Waals surface area contributed by atoms with Gasteiger partial charge in [0.1, 0.15) is 0 Å². The Bertz CT molecular complexity index is 822. The fourth-order valence-electron chi connectivity index (χ4n) is 6.09. The van der Waals surface area contributed by atoms with Gasteiger partial charge < -0.3 is 4.74 Å². The minimum Gasteiger partial charge on any atom is -0.456 e. The van der Waals surface area contributed by atoms with Crippen molar-refractivity contribution in [2.24, 2.45) is 23.2 Å². The van der Waals surface area contributed by atoms with Crippen LogP contribution in [0.15, 0.2) is 24.3 Å². The lowest BCUT2D eigenvalue weighted by molar-refractivity contribution is -0.154. The largest absolute Gasteiger partial charge is 0.456 e. The van der Waals surface area contributed by atoms with Gasteiger partial charge in [0.05, 0.1) is 16.6 Å². The number of anilines is 1. The van der Waals surface area contributed by atoms with Crippen molar-refractivity contribution < 1.29 is 14.3 Å². The van der Waals surface area contributed by atoms with Crippen molar-refractivity contribution in [3.63, 3.8) is 0 Å². The van der Waals surface area contributed by atoms with E-state index in [0.29, 0.717) is 11.6 Å². The van der Waals surface area contributed by atoms with Crippen LogP contribution in [0.3, 0.4) is 0 Å². The van der Waals surface area contributed by atoms with Crippen molar-refractivity contribution in [1.29, 1.82) is 0 Å². The Morgan fingerprint density at radius 1 is 1.11 bits per heavy atom. The molecule has 4 saturated carbocycles. The van der Waals surface area contributed by atoms with Crippen molar-refractivity contribution in [3.8, 4) is 0 Å². The summed E-state index contributed by atoms with van der Waals surface area (Å²) in [4.78, 5) is 28.9. The van der Waals surface area contributed by atoms with E-state index < -0.39 is 0 Å². The van der Waals surface area contributed by atoms with Gasteiger partial charge in [0.2, 0.25) is 0 Å². The van der Waals surface area contributed by atoms with Crippen LogP contribution < -0.4 is 5.32 Å². The maximum absolute atomic E-state index is 12.4. The summed E-state index contributed by atoms with van der Waals surface area (Å²) >= 11 is 1.42. The molecule has 5 nitrogen and oxygen atoms in total. The number of rotatable bonds is 5. The average Bonchev–Trinajstić information content (AvgIpc) is 3.00. The number of benzene rings is 1. The number of carbonyl (C=O) groups is 2. The quantitative estimate of drug-likeness (QED) is 0.777. The minimum absolute atomic E-state index is 0.148. The lowest BCUT2D eigenvalue weighted by Gasteiger charge is -2.56. The van der Waals surface area contributed by atoms with Crippen LogP contribution in [-0.4, -0.2) is 23.5 Å². The van der Waals surface area contributed by atoms with Gasteiger partial charge in [-0.05, 0) is 73.8 Å². The fourth-order valence-corrected chi connectivity index (χ4v) is 6.97. The number of ether oxygens (including phenoxy) is 1. The molecule has 6 heteroatoms. The van der Waals surface area contributed by atoms with Crippen LogP contribution in [0, 0.1) is 23.2 Å². The molecule has 4 aliphatic rings. The molecule has 0 radical (unpaired) electrons. The van der Waals surface area contributed by atoms with Gasteiger partial charge >= 0.3 is 5.97 Å². The summed E-state index contributed by atoms with van der Waals surface area (Å²) in [7, 11) is 0. The molecule has 6 rings (SSSR count). The molecule has 1 aromatic carbocycles. The first-order valence-corrected chi connectivity index (χ1v) is 10.7. The highest BCUT2D eigenvalue weighted by atomic mass is 32.1. The van der Waals surface area contributed by atoms with Gasteiger partial charge in [0.25, 0.3) is 5.91 Å². The normalized spacial score (nSPS) is 31.2. The summed E-state index contributed by atoms with van der Waals surface area (Å²) in [5.41, 5.74) is 1.01. The predicted octanol–water partition coefficient (Wildman–Crippen LogP) is 4.38. The molecule has 1 aromatic heterocycles. The lowest BCUT2D eigenvalue weighted by atomic mass is 9.49. The van der Waals surface area contributed by atoms with Gasteiger partial charge in [-0.1, -0.05) is 23.5 Å². The third-order valence-corrected chi connectivity index (χ3v) is 7.54. The average molecular weight is 385 g/mol. The molecule has 1 amide bonds. The van der Waals surface area contributed by atoms with Crippen LogP contribution in [-0.2, 0) is 14.3 Å². The lowest BCUT2D eigenvalue weighted by Crippen LogP contribution is -2.47. The number of fused-ring (bicyclic) bond motifs is 1. The molecule has 4 bridgehead atoms. The Morgan fingerprint density at radius 2 is 1.78 bits per heavy atom.